The summed E-state index contributed by atoms with van der Waals surface area (Å²) in [6.07, 6.45) is 0.489. The summed E-state index contributed by atoms with van der Waals surface area (Å²) in [5.41, 5.74) is 0. The van der Waals surface area contributed by atoms with Crippen LogP contribution in [0.15, 0.2) is 23.1 Å². The normalized spacial score (nSPS) is 18.8. The van der Waals surface area contributed by atoms with Gasteiger partial charge in [0, 0.05) is 5.02 Å². The molecule has 0 spiro atoms. The van der Waals surface area contributed by atoms with Crippen molar-refractivity contribution >= 4 is 33.0 Å². The molecule has 19 heavy (non-hydrogen) atoms. The highest BCUT2D eigenvalue weighted by Crippen LogP contribution is 2.37. The Morgan fingerprint density at radius 1 is 1.26 bits per heavy atom. The average molecular weight is 319 g/mol. The highest BCUT2D eigenvalue weighted by molar-refractivity contribution is 7.93. The van der Waals surface area contributed by atoms with Crippen LogP contribution in [0.3, 0.4) is 0 Å². The lowest BCUT2D eigenvalue weighted by molar-refractivity contribution is 0.444. The maximum absolute atomic E-state index is 12.7. The van der Waals surface area contributed by atoms with Gasteiger partial charge in [0.15, 0.2) is 14.6 Å². The van der Waals surface area contributed by atoms with Gasteiger partial charge in [-0.15, -0.1) is 0 Å². The van der Waals surface area contributed by atoms with E-state index in [0.29, 0.717) is 13.1 Å². The Kier molecular flexibility index (Phi) is 4.07. The number of halogens is 2. The van der Waals surface area contributed by atoms with E-state index in [1.807, 2.05) is 6.07 Å². The van der Waals surface area contributed by atoms with Gasteiger partial charge in [-0.05, 0) is 44.1 Å². The van der Waals surface area contributed by atoms with Gasteiger partial charge in [0.2, 0.25) is 0 Å². The molecule has 1 aliphatic heterocycles. The van der Waals surface area contributed by atoms with Gasteiger partial charge in [0.25, 0.3) is 0 Å². The largest absolute Gasteiger partial charge is 0.317 e. The summed E-state index contributed by atoms with van der Waals surface area (Å²) in [5, 5.41) is 12.8. The lowest BCUT2D eigenvalue weighted by Crippen LogP contribution is -2.46. The first-order chi connectivity index (χ1) is 8.93. The third-order valence-corrected chi connectivity index (χ3v) is 6.43. The zero-order chi connectivity index (χ0) is 14.1. The van der Waals surface area contributed by atoms with Gasteiger partial charge < -0.3 is 5.32 Å². The number of rotatable bonds is 2. The first-order valence-corrected chi connectivity index (χ1v) is 7.98. The molecule has 0 bridgehead atoms. The van der Waals surface area contributed by atoms with Crippen molar-refractivity contribution in [1.82, 2.24) is 5.32 Å². The van der Waals surface area contributed by atoms with Gasteiger partial charge in [-0.25, -0.2) is 8.42 Å². The molecule has 1 aliphatic rings. The Morgan fingerprint density at radius 2 is 1.89 bits per heavy atom. The summed E-state index contributed by atoms with van der Waals surface area (Å²) in [5.74, 6) is 0. The summed E-state index contributed by atoms with van der Waals surface area (Å²) in [6.45, 7) is 0.982. The number of hydrogen-bond donors (Lipinski definition) is 1. The number of nitrogens with one attached hydrogen (secondary N) is 1. The smallest absolute Gasteiger partial charge is 0.199 e. The third-order valence-electron chi connectivity index (χ3n) is 3.31. The first kappa shape index (κ1) is 14.6. The van der Waals surface area contributed by atoms with Gasteiger partial charge in [0.05, 0.1) is 16.0 Å². The molecule has 2 rings (SSSR count). The van der Waals surface area contributed by atoms with E-state index in [1.54, 1.807) is 0 Å². The number of hydrogen-bond acceptors (Lipinski definition) is 4. The molecule has 0 radical (unpaired) electrons. The quantitative estimate of drug-likeness (QED) is 0.909. The first-order valence-electron chi connectivity index (χ1n) is 5.75. The number of nitrogens with zero attached hydrogens (tertiary/aromatic N) is 1. The van der Waals surface area contributed by atoms with Crippen LogP contribution in [0.5, 0.6) is 0 Å². The number of nitriles is 1. The molecule has 4 nitrogen and oxygen atoms in total. The maximum atomic E-state index is 12.7. The molecule has 1 N–H and O–H groups in total. The Balaban J connectivity index is 2.58. The van der Waals surface area contributed by atoms with Crippen LogP contribution in [-0.2, 0) is 9.84 Å². The van der Waals surface area contributed by atoms with E-state index < -0.39 is 14.6 Å². The molecule has 0 unspecified atom stereocenters. The maximum Gasteiger partial charge on any atom is 0.199 e. The number of piperidine rings is 1. The summed E-state index contributed by atoms with van der Waals surface area (Å²) in [6, 6.07) is 6.23. The molecule has 1 fully saturated rings. The van der Waals surface area contributed by atoms with E-state index in [4.69, 9.17) is 23.2 Å². The second-order valence-corrected chi connectivity index (χ2v) is 7.51. The van der Waals surface area contributed by atoms with Crippen LogP contribution in [0.1, 0.15) is 12.8 Å². The highest BCUT2D eigenvalue weighted by Gasteiger charge is 2.46. The van der Waals surface area contributed by atoms with Crippen molar-refractivity contribution in [2.45, 2.75) is 22.5 Å². The Hall–Kier alpha value is -0.800. The van der Waals surface area contributed by atoms with Gasteiger partial charge in [0.1, 0.15) is 0 Å². The predicted octanol–water partition coefficient (Wildman–Crippen LogP) is 2.41. The predicted molar refractivity (Wildman–Crippen MR) is 74.1 cm³/mol. The molecule has 0 saturated carbocycles. The van der Waals surface area contributed by atoms with Gasteiger partial charge in [-0.3, -0.25) is 0 Å². The Bertz CT molecular complexity index is 632. The van der Waals surface area contributed by atoms with Crippen molar-refractivity contribution in [3.8, 4) is 6.07 Å². The summed E-state index contributed by atoms with van der Waals surface area (Å²) in [4.78, 5) is -0.0647. The van der Waals surface area contributed by atoms with Crippen molar-refractivity contribution in [2.75, 3.05) is 13.1 Å². The number of benzene rings is 1. The average Bonchev–Trinajstić information content (AvgIpc) is 2.42. The molecule has 0 aromatic heterocycles. The van der Waals surface area contributed by atoms with E-state index >= 15 is 0 Å². The van der Waals surface area contributed by atoms with Crippen LogP contribution < -0.4 is 5.32 Å². The molecule has 1 heterocycles. The van der Waals surface area contributed by atoms with Gasteiger partial charge in [-0.1, -0.05) is 23.2 Å². The fourth-order valence-electron chi connectivity index (χ4n) is 2.16. The van der Waals surface area contributed by atoms with Gasteiger partial charge in [-0.2, -0.15) is 5.26 Å². The van der Waals surface area contributed by atoms with Crippen LogP contribution in [0.4, 0.5) is 0 Å². The zero-order valence-electron chi connectivity index (χ0n) is 9.99. The second kappa shape index (κ2) is 5.29. The van der Waals surface area contributed by atoms with E-state index in [2.05, 4.69) is 5.32 Å². The van der Waals surface area contributed by atoms with Gasteiger partial charge >= 0.3 is 0 Å². The molecule has 1 aromatic carbocycles. The van der Waals surface area contributed by atoms with E-state index in [9.17, 15) is 13.7 Å². The minimum atomic E-state index is -3.84. The lowest BCUT2D eigenvalue weighted by atomic mass is 9.99. The van der Waals surface area contributed by atoms with Crippen molar-refractivity contribution in [2.24, 2.45) is 0 Å². The second-order valence-electron chi connectivity index (χ2n) is 4.43. The molecule has 0 aliphatic carbocycles. The van der Waals surface area contributed by atoms with Crippen LogP contribution in [0.2, 0.25) is 10.0 Å². The molecule has 1 saturated heterocycles. The fraction of sp³-hybridized carbons (Fsp3) is 0.417. The standard InChI is InChI=1S/C12H12Cl2N2O2S/c13-9-1-2-10(14)11(7-9)19(17,18)12(8-15)3-5-16-6-4-12/h1-2,7,16H,3-6H2. The van der Waals surface area contributed by atoms with Crippen LogP contribution in [0, 0.1) is 11.3 Å². The lowest BCUT2D eigenvalue weighted by Gasteiger charge is -2.31. The van der Waals surface area contributed by atoms with Crippen molar-refractivity contribution in [3.63, 3.8) is 0 Å². The van der Waals surface area contributed by atoms with Crippen LogP contribution in [0.25, 0.3) is 0 Å². The minimum Gasteiger partial charge on any atom is -0.317 e. The van der Waals surface area contributed by atoms with E-state index in [-0.39, 0.29) is 27.8 Å². The van der Waals surface area contributed by atoms with Crippen molar-refractivity contribution in [3.05, 3.63) is 28.2 Å². The molecule has 102 valence electrons. The molecular formula is C12H12Cl2N2O2S. The zero-order valence-corrected chi connectivity index (χ0v) is 12.3. The van der Waals surface area contributed by atoms with E-state index in [0.717, 1.165) is 0 Å². The molecule has 0 atom stereocenters. The van der Waals surface area contributed by atoms with Crippen LogP contribution >= 0.6 is 23.2 Å². The molecule has 7 heteroatoms. The van der Waals surface area contributed by atoms with E-state index in [1.165, 1.54) is 18.2 Å². The molecule has 0 amide bonds. The topological polar surface area (TPSA) is 70.0 Å². The number of sulfone groups is 1. The molecule has 1 aromatic rings. The Morgan fingerprint density at radius 3 is 2.47 bits per heavy atom. The summed E-state index contributed by atoms with van der Waals surface area (Å²) < 4.78 is 24.0. The van der Waals surface area contributed by atoms with Crippen LogP contribution in [-0.4, -0.2) is 26.3 Å². The Labute approximate surface area is 122 Å². The minimum absolute atomic E-state index is 0.0647. The highest BCUT2D eigenvalue weighted by atomic mass is 35.5. The SMILES string of the molecule is N#CC1(S(=O)(=O)c2cc(Cl)ccc2Cl)CCNCC1. The monoisotopic (exact) mass is 318 g/mol. The van der Waals surface area contributed by atoms with Crippen molar-refractivity contribution in [1.29, 1.82) is 5.26 Å². The van der Waals surface area contributed by atoms with Crippen molar-refractivity contribution < 1.29 is 8.42 Å². The fourth-order valence-corrected chi connectivity index (χ4v) is 4.71. The molecular weight excluding hydrogens is 307 g/mol. The summed E-state index contributed by atoms with van der Waals surface area (Å²) in [7, 11) is -3.84. The summed E-state index contributed by atoms with van der Waals surface area (Å²) >= 11 is 11.8. The third kappa shape index (κ3) is 2.46.